The summed E-state index contributed by atoms with van der Waals surface area (Å²) in [4.78, 5) is 5.23. The van der Waals surface area contributed by atoms with Crippen LogP contribution in [0.4, 0.5) is 5.69 Å². The van der Waals surface area contributed by atoms with E-state index < -0.39 is 0 Å². The van der Waals surface area contributed by atoms with Gasteiger partial charge in [0.15, 0.2) is 5.11 Å². The monoisotopic (exact) mass is 372 g/mol. The Morgan fingerprint density at radius 1 is 1.08 bits per heavy atom. The van der Waals surface area contributed by atoms with Crippen LogP contribution in [-0.2, 0) is 0 Å². The molecule has 24 heavy (non-hydrogen) atoms. The van der Waals surface area contributed by atoms with Crippen molar-refractivity contribution in [2.75, 3.05) is 59.7 Å². The van der Waals surface area contributed by atoms with E-state index >= 15 is 0 Å². The van der Waals surface area contributed by atoms with Gasteiger partial charge in [0.25, 0.3) is 0 Å². The average Bonchev–Trinajstić information content (AvgIpc) is 2.48. The minimum absolute atomic E-state index is 0.766. The van der Waals surface area contributed by atoms with E-state index in [1.807, 2.05) is 25.1 Å². The molecule has 0 bridgehead atoms. The largest absolute Gasteiger partial charge is 0.349 e. The third kappa shape index (κ3) is 8.29. The molecule has 0 aliphatic carbocycles. The highest BCUT2D eigenvalue weighted by molar-refractivity contribution is 7.80. The Balaban J connectivity index is 2.64. The van der Waals surface area contributed by atoms with E-state index in [1.165, 1.54) is 9.80 Å². The highest BCUT2D eigenvalue weighted by Crippen LogP contribution is 2.20. The lowest BCUT2D eigenvalue weighted by Crippen LogP contribution is -3.05. The molecular formula is C18H33ClN4S+2. The van der Waals surface area contributed by atoms with Crippen LogP contribution in [-0.4, -0.2) is 64.4 Å². The standard InChI is InChI=1S/C18H31ClN4S/c1-15-8-9-16(14-17(15)19)20-18(24)23(12-6-10-21(2)3)13-7-11-22(4)5/h8-9,14H,6-7,10-13H2,1-5H3,(H,20,24)/p+2. The van der Waals surface area contributed by atoms with E-state index in [-0.39, 0.29) is 0 Å². The number of quaternary nitrogens is 2. The number of hydrogen-bond acceptors (Lipinski definition) is 1. The van der Waals surface area contributed by atoms with Gasteiger partial charge < -0.3 is 20.0 Å². The molecule has 1 aromatic carbocycles. The molecule has 3 N–H and O–H groups in total. The Kier molecular flexibility index (Phi) is 9.59. The lowest BCUT2D eigenvalue weighted by Gasteiger charge is -2.26. The summed E-state index contributed by atoms with van der Waals surface area (Å²) in [7, 11) is 8.74. The topological polar surface area (TPSA) is 24.2 Å². The molecule has 1 rings (SSSR count). The van der Waals surface area contributed by atoms with Gasteiger partial charge in [0.05, 0.1) is 41.3 Å². The molecule has 0 saturated carbocycles. The zero-order valence-electron chi connectivity index (χ0n) is 15.7. The zero-order chi connectivity index (χ0) is 18.1. The summed E-state index contributed by atoms with van der Waals surface area (Å²) in [6, 6.07) is 5.98. The molecule has 0 aliphatic heterocycles. The zero-order valence-corrected chi connectivity index (χ0v) is 17.3. The van der Waals surface area contributed by atoms with Gasteiger partial charge in [-0.05, 0) is 36.8 Å². The fraction of sp³-hybridized carbons (Fsp3) is 0.611. The SMILES string of the molecule is Cc1ccc(NC(=S)N(CCC[NH+](C)C)CCC[NH+](C)C)cc1Cl. The molecule has 0 radical (unpaired) electrons. The average molecular weight is 373 g/mol. The molecular weight excluding hydrogens is 340 g/mol. The van der Waals surface area contributed by atoms with Gasteiger partial charge >= 0.3 is 0 Å². The van der Waals surface area contributed by atoms with E-state index in [2.05, 4.69) is 38.4 Å². The third-order valence-corrected chi connectivity index (χ3v) is 4.69. The van der Waals surface area contributed by atoms with E-state index in [1.54, 1.807) is 0 Å². The van der Waals surface area contributed by atoms with E-state index in [4.69, 9.17) is 23.8 Å². The third-order valence-electron chi connectivity index (χ3n) is 3.92. The Labute approximate surface area is 157 Å². The van der Waals surface area contributed by atoms with Crippen molar-refractivity contribution in [1.82, 2.24) is 4.90 Å². The minimum atomic E-state index is 0.766. The van der Waals surface area contributed by atoms with Crippen LogP contribution in [0.1, 0.15) is 18.4 Å². The normalized spacial score (nSPS) is 11.2. The van der Waals surface area contributed by atoms with Crippen LogP contribution in [0.3, 0.4) is 0 Å². The highest BCUT2D eigenvalue weighted by atomic mass is 35.5. The van der Waals surface area contributed by atoms with E-state index in [0.29, 0.717) is 0 Å². The lowest BCUT2D eigenvalue weighted by atomic mass is 10.2. The van der Waals surface area contributed by atoms with Gasteiger partial charge in [-0.3, -0.25) is 0 Å². The summed E-state index contributed by atoms with van der Waals surface area (Å²) in [5.74, 6) is 0. The van der Waals surface area contributed by atoms with Gasteiger partial charge in [-0.2, -0.15) is 0 Å². The quantitative estimate of drug-likeness (QED) is 0.557. The number of anilines is 1. The number of halogens is 1. The van der Waals surface area contributed by atoms with Gasteiger partial charge in [-0.25, -0.2) is 0 Å². The van der Waals surface area contributed by atoms with E-state index in [9.17, 15) is 0 Å². The van der Waals surface area contributed by atoms with Crippen molar-refractivity contribution in [3.8, 4) is 0 Å². The van der Waals surface area contributed by atoms with Crippen molar-refractivity contribution in [2.45, 2.75) is 19.8 Å². The summed E-state index contributed by atoms with van der Waals surface area (Å²) in [6.45, 7) is 6.27. The van der Waals surface area contributed by atoms with Gasteiger partial charge in [0.2, 0.25) is 0 Å². The molecule has 0 spiro atoms. The smallest absolute Gasteiger partial charge is 0.173 e. The molecule has 6 heteroatoms. The Morgan fingerprint density at radius 2 is 1.62 bits per heavy atom. The van der Waals surface area contributed by atoms with Crippen molar-refractivity contribution >= 4 is 34.6 Å². The van der Waals surface area contributed by atoms with Crippen molar-refractivity contribution in [1.29, 1.82) is 0 Å². The van der Waals surface area contributed by atoms with Crippen molar-refractivity contribution in [3.05, 3.63) is 28.8 Å². The molecule has 4 nitrogen and oxygen atoms in total. The molecule has 0 saturated heterocycles. The first-order chi connectivity index (χ1) is 11.3. The maximum atomic E-state index is 6.21. The summed E-state index contributed by atoms with van der Waals surface area (Å²) in [5.41, 5.74) is 2.03. The number of rotatable bonds is 9. The van der Waals surface area contributed by atoms with Gasteiger partial charge in [0.1, 0.15) is 0 Å². The number of nitrogens with zero attached hydrogens (tertiary/aromatic N) is 1. The molecule has 136 valence electrons. The summed E-state index contributed by atoms with van der Waals surface area (Å²) >= 11 is 11.9. The highest BCUT2D eigenvalue weighted by Gasteiger charge is 2.12. The fourth-order valence-corrected chi connectivity index (χ4v) is 2.92. The molecule has 0 fully saturated rings. The molecule has 0 unspecified atom stereocenters. The van der Waals surface area contributed by atoms with Crippen LogP contribution in [0.5, 0.6) is 0 Å². The Morgan fingerprint density at radius 3 is 2.08 bits per heavy atom. The second kappa shape index (κ2) is 10.9. The molecule has 1 aromatic rings. The molecule has 0 amide bonds. The number of aryl methyl sites for hydroxylation is 1. The van der Waals surface area contributed by atoms with Gasteiger partial charge in [-0.15, -0.1) is 0 Å². The Bertz CT molecular complexity index is 506. The van der Waals surface area contributed by atoms with Crippen LogP contribution >= 0.6 is 23.8 Å². The van der Waals surface area contributed by atoms with Crippen molar-refractivity contribution in [2.24, 2.45) is 0 Å². The maximum Gasteiger partial charge on any atom is 0.173 e. The molecule has 0 heterocycles. The molecule has 0 aliphatic rings. The fourth-order valence-electron chi connectivity index (χ4n) is 2.43. The summed E-state index contributed by atoms with van der Waals surface area (Å²) < 4.78 is 0. The first-order valence-corrected chi connectivity index (χ1v) is 9.48. The van der Waals surface area contributed by atoms with Gasteiger partial charge in [0, 0.05) is 36.6 Å². The van der Waals surface area contributed by atoms with Gasteiger partial charge in [-0.1, -0.05) is 17.7 Å². The maximum absolute atomic E-state index is 6.21. The van der Waals surface area contributed by atoms with Crippen LogP contribution < -0.4 is 15.1 Å². The number of nitrogens with one attached hydrogen (secondary N) is 3. The molecule has 0 aromatic heterocycles. The Hall–Kier alpha value is -0.880. The predicted octanol–water partition coefficient (Wildman–Crippen LogP) is 0.716. The van der Waals surface area contributed by atoms with Crippen LogP contribution in [0, 0.1) is 6.92 Å². The van der Waals surface area contributed by atoms with Crippen LogP contribution in [0.2, 0.25) is 5.02 Å². The first kappa shape index (κ1) is 21.2. The summed E-state index contributed by atoms with van der Waals surface area (Å²) in [5, 5.41) is 4.90. The van der Waals surface area contributed by atoms with Crippen molar-refractivity contribution in [3.63, 3.8) is 0 Å². The van der Waals surface area contributed by atoms with Crippen molar-refractivity contribution < 1.29 is 9.80 Å². The second-order valence-electron chi connectivity index (χ2n) is 7.00. The van der Waals surface area contributed by atoms with Crippen LogP contribution in [0.25, 0.3) is 0 Å². The van der Waals surface area contributed by atoms with E-state index in [0.717, 1.165) is 60.4 Å². The number of hydrogen-bond donors (Lipinski definition) is 3. The first-order valence-electron chi connectivity index (χ1n) is 8.69. The number of thiocarbonyl (C=S) groups is 1. The second-order valence-corrected chi connectivity index (χ2v) is 7.80. The summed E-state index contributed by atoms with van der Waals surface area (Å²) in [6.07, 6.45) is 2.27. The molecule has 0 atom stereocenters. The number of benzene rings is 1. The lowest BCUT2D eigenvalue weighted by molar-refractivity contribution is -0.858. The predicted molar refractivity (Wildman–Crippen MR) is 109 cm³/mol. The van der Waals surface area contributed by atoms with Crippen LogP contribution in [0.15, 0.2) is 18.2 Å². The minimum Gasteiger partial charge on any atom is -0.349 e.